The lowest BCUT2D eigenvalue weighted by atomic mass is 9.96. The fourth-order valence-corrected chi connectivity index (χ4v) is 6.05. The zero-order valence-corrected chi connectivity index (χ0v) is 21.5. The van der Waals surface area contributed by atoms with Crippen molar-refractivity contribution in [1.82, 2.24) is 20.1 Å². The van der Waals surface area contributed by atoms with Gasteiger partial charge in [-0.2, -0.15) is 10.2 Å². The molecule has 9 heteroatoms. The maximum absolute atomic E-state index is 12.9. The number of hydrogen-bond acceptors (Lipinski definition) is 8. The van der Waals surface area contributed by atoms with Gasteiger partial charge in [0.05, 0.1) is 12.1 Å². The standard InChI is InChI=1S/C26H38N6O3/c1-26(2,3)35-25(33)32-17-7-8-18(32)15-31(14-17)23-20-9-10-28-13-22(20)21(12-27)24(29-23)34-16-19-6-5-11-30(19)4/h17-19,28H,5-11,13-16H2,1-4H3/t17-,18+,19-/m0/s1. The Balaban J connectivity index is 1.42. The number of carbonyl (C=O) groups excluding carboxylic acids is 1. The van der Waals surface area contributed by atoms with E-state index in [2.05, 4.69) is 28.2 Å². The number of nitriles is 1. The molecule has 3 atom stereocenters. The topological polar surface area (TPSA) is 94.0 Å². The lowest BCUT2D eigenvalue weighted by Crippen LogP contribution is -2.57. The Labute approximate surface area is 208 Å². The number of amides is 1. The number of pyridine rings is 1. The van der Waals surface area contributed by atoms with Crippen LogP contribution in [-0.4, -0.2) is 84.4 Å². The highest BCUT2D eigenvalue weighted by molar-refractivity contribution is 5.71. The summed E-state index contributed by atoms with van der Waals surface area (Å²) in [6.07, 6.45) is 4.84. The first-order chi connectivity index (χ1) is 16.7. The van der Waals surface area contributed by atoms with Gasteiger partial charge in [-0.3, -0.25) is 4.90 Å². The van der Waals surface area contributed by atoms with E-state index < -0.39 is 5.60 Å². The summed E-state index contributed by atoms with van der Waals surface area (Å²) >= 11 is 0. The summed E-state index contributed by atoms with van der Waals surface area (Å²) in [7, 11) is 2.13. The van der Waals surface area contributed by atoms with Gasteiger partial charge in [-0.25, -0.2) is 4.79 Å². The number of carbonyl (C=O) groups is 1. The number of fused-ring (bicyclic) bond motifs is 3. The second kappa shape index (κ2) is 9.47. The third-order valence-electron chi connectivity index (χ3n) is 7.79. The number of rotatable bonds is 4. The normalized spacial score (nSPS) is 26.4. The average molecular weight is 483 g/mol. The molecular weight excluding hydrogens is 444 g/mol. The van der Waals surface area contributed by atoms with Gasteiger partial charge in [0.25, 0.3) is 0 Å². The summed E-state index contributed by atoms with van der Waals surface area (Å²) in [6.45, 7) is 10.3. The van der Waals surface area contributed by atoms with Crippen LogP contribution in [0.1, 0.15) is 63.1 Å². The third kappa shape index (κ3) is 4.78. The number of likely N-dealkylation sites (N-methyl/N-ethyl adjacent to an activating group) is 1. The maximum Gasteiger partial charge on any atom is 0.410 e. The molecule has 0 aliphatic carbocycles. The van der Waals surface area contributed by atoms with Crippen molar-refractivity contribution in [2.75, 3.05) is 44.7 Å². The first-order valence-corrected chi connectivity index (χ1v) is 13.0. The molecule has 4 aliphatic heterocycles. The number of piperazine rings is 1. The molecule has 9 nitrogen and oxygen atoms in total. The molecule has 0 aromatic carbocycles. The summed E-state index contributed by atoms with van der Waals surface area (Å²) in [4.78, 5) is 24.5. The van der Waals surface area contributed by atoms with Crippen molar-refractivity contribution in [2.24, 2.45) is 0 Å². The smallest absolute Gasteiger partial charge is 0.410 e. The van der Waals surface area contributed by atoms with Gasteiger partial charge in [-0.1, -0.05) is 0 Å². The van der Waals surface area contributed by atoms with Crippen LogP contribution in [0.5, 0.6) is 5.88 Å². The van der Waals surface area contributed by atoms with Crippen molar-refractivity contribution in [3.05, 3.63) is 16.7 Å². The molecule has 1 aromatic rings. The number of likely N-dealkylation sites (tertiary alicyclic amines) is 1. The van der Waals surface area contributed by atoms with Crippen molar-refractivity contribution in [3.8, 4) is 11.9 Å². The molecule has 1 amide bonds. The first-order valence-electron chi connectivity index (χ1n) is 13.0. The molecule has 3 fully saturated rings. The lowest BCUT2D eigenvalue weighted by Gasteiger charge is -2.42. The highest BCUT2D eigenvalue weighted by atomic mass is 16.6. The van der Waals surface area contributed by atoms with E-state index in [9.17, 15) is 10.1 Å². The van der Waals surface area contributed by atoms with Gasteiger partial charge in [-0.15, -0.1) is 0 Å². The molecule has 0 spiro atoms. The van der Waals surface area contributed by atoms with Crippen LogP contribution in [0.2, 0.25) is 0 Å². The van der Waals surface area contributed by atoms with Gasteiger partial charge in [-0.05, 0) is 78.6 Å². The lowest BCUT2D eigenvalue weighted by molar-refractivity contribution is 0.0122. The van der Waals surface area contributed by atoms with Gasteiger partial charge in [0.15, 0.2) is 0 Å². The predicted octanol–water partition coefficient (Wildman–Crippen LogP) is 2.66. The molecular formula is C26H38N6O3. The van der Waals surface area contributed by atoms with Crippen LogP contribution in [0.15, 0.2) is 0 Å². The average Bonchev–Trinajstić information content (AvgIpc) is 3.34. The van der Waals surface area contributed by atoms with Crippen LogP contribution in [-0.2, 0) is 17.7 Å². The van der Waals surface area contributed by atoms with Crippen LogP contribution in [0.4, 0.5) is 10.6 Å². The Morgan fingerprint density at radius 3 is 2.57 bits per heavy atom. The minimum absolute atomic E-state index is 0.106. The minimum Gasteiger partial charge on any atom is -0.475 e. The maximum atomic E-state index is 12.9. The van der Waals surface area contributed by atoms with Crippen molar-refractivity contribution < 1.29 is 14.3 Å². The Kier molecular flexibility index (Phi) is 6.53. The van der Waals surface area contributed by atoms with Crippen molar-refractivity contribution in [3.63, 3.8) is 0 Å². The van der Waals surface area contributed by atoms with E-state index in [1.807, 2.05) is 25.7 Å². The van der Waals surface area contributed by atoms with Gasteiger partial charge >= 0.3 is 6.09 Å². The number of nitrogens with one attached hydrogen (secondary N) is 1. The largest absolute Gasteiger partial charge is 0.475 e. The van der Waals surface area contributed by atoms with Crippen LogP contribution in [0.25, 0.3) is 0 Å². The molecule has 0 unspecified atom stereocenters. The van der Waals surface area contributed by atoms with E-state index in [4.69, 9.17) is 14.5 Å². The quantitative estimate of drug-likeness (QED) is 0.700. The predicted molar refractivity (Wildman–Crippen MR) is 133 cm³/mol. The monoisotopic (exact) mass is 482 g/mol. The van der Waals surface area contributed by atoms with Crippen LogP contribution in [0, 0.1) is 11.3 Å². The third-order valence-corrected chi connectivity index (χ3v) is 7.79. The molecule has 190 valence electrons. The van der Waals surface area contributed by atoms with Gasteiger partial charge in [0.2, 0.25) is 5.88 Å². The van der Waals surface area contributed by atoms with Crippen molar-refractivity contribution in [2.45, 2.75) is 83.1 Å². The van der Waals surface area contributed by atoms with Crippen molar-refractivity contribution in [1.29, 1.82) is 5.26 Å². The van der Waals surface area contributed by atoms with E-state index in [1.54, 1.807) is 0 Å². The zero-order chi connectivity index (χ0) is 24.7. The number of hydrogen-bond donors (Lipinski definition) is 1. The highest BCUT2D eigenvalue weighted by Gasteiger charge is 2.45. The molecule has 5 rings (SSSR count). The highest BCUT2D eigenvalue weighted by Crippen LogP contribution is 2.38. The SMILES string of the molecule is CN1CCC[C@H]1COc1nc(N2C[C@H]3CC[C@@H](C2)N3C(=O)OC(C)(C)C)c2c(c1C#N)CNCC2. The van der Waals surface area contributed by atoms with Gasteiger partial charge in [0.1, 0.15) is 29.7 Å². The Morgan fingerprint density at radius 2 is 1.94 bits per heavy atom. The van der Waals surface area contributed by atoms with Gasteiger partial charge in [0, 0.05) is 31.2 Å². The second-order valence-corrected chi connectivity index (χ2v) is 11.4. The molecule has 0 radical (unpaired) electrons. The van der Waals surface area contributed by atoms with Crippen LogP contribution in [0.3, 0.4) is 0 Å². The Hall–Kier alpha value is -2.57. The summed E-state index contributed by atoms with van der Waals surface area (Å²) in [5.74, 6) is 1.38. The van der Waals surface area contributed by atoms with E-state index in [-0.39, 0.29) is 18.2 Å². The molecule has 2 bridgehead atoms. The van der Waals surface area contributed by atoms with Crippen molar-refractivity contribution >= 4 is 11.9 Å². The molecule has 1 N–H and O–H groups in total. The molecule has 4 aliphatic rings. The van der Waals surface area contributed by atoms with Crippen LogP contribution < -0.4 is 15.0 Å². The first kappa shape index (κ1) is 24.1. The summed E-state index contributed by atoms with van der Waals surface area (Å²) in [6, 6.07) is 2.95. The molecule has 5 heterocycles. The fraction of sp³-hybridized carbons (Fsp3) is 0.731. The summed E-state index contributed by atoms with van der Waals surface area (Å²) in [5, 5.41) is 13.4. The molecule has 1 aromatic heterocycles. The number of ether oxygens (including phenoxy) is 2. The van der Waals surface area contributed by atoms with Gasteiger partial charge < -0.3 is 24.6 Å². The number of anilines is 1. The minimum atomic E-state index is -0.506. The molecule has 35 heavy (non-hydrogen) atoms. The molecule has 3 saturated heterocycles. The van der Waals surface area contributed by atoms with E-state index >= 15 is 0 Å². The molecule has 0 saturated carbocycles. The Bertz CT molecular complexity index is 1000. The summed E-state index contributed by atoms with van der Waals surface area (Å²) in [5.41, 5.74) is 2.22. The Morgan fingerprint density at radius 1 is 1.20 bits per heavy atom. The van der Waals surface area contributed by atoms with E-state index in [0.717, 1.165) is 68.8 Å². The van der Waals surface area contributed by atoms with E-state index in [1.165, 1.54) is 6.42 Å². The number of aromatic nitrogens is 1. The van der Waals surface area contributed by atoms with E-state index in [0.29, 0.717) is 30.6 Å². The summed E-state index contributed by atoms with van der Waals surface area (Å²) < 4.78 is 12.0. The number of nitrogens with zero attached hydrogens (tertiary/aromatic N) is 5. The fourth-order valence-electron chi connectivity index (χ4n) is 6.05. The second-order valence-electron chi connectivity index (χ2n) is 11.4. The zero-order valence-electron chi connectivity index (χ0n) is 21.5. The van der Waals surface area contributed by atoms with Crippen LogP contribution >= 0.6 is 0 Å².